The summed E-state index contributed by atoms with van der Waals surface area (Å²) < 4.78 is 27.2. The smallest absolute Gasteiger partial charge is 0.214 e. The fraction of sp³-hybridized carbons (Fsp3) is 0.800. The second kappa shape index (κ2) is 5.14. The number of hydrogen-bond acceptors (Lipinski definition) is 4. The normalized spacial score (nSPS) is 19.6. The van der Waals surface area contributed by atoms with Crippen LogP contribution in [0.1, 0.15) is 32.2 Å². The van der Waals surface area contributed by atoms with Crippen molar-refractivity contribution in [3.05, 3.63) is 12.4 Å². The third kappa shape index (κ3) is 2.84. The van der Waals surface area contributed by atoms with Gasteiger partial charge in [-0.15, -0.1) is 5.10 Å². The predicted molar refractivity (Wildman–Crippen MR) is 63.9 cm³/mol. The van der Waals surface area contributed by atoms with Crippen molar-refractivity contribution < 1.29 is 8.42 Å². The van der Waals surface area contributed by atoms with Crippen LogP contribution in [0.4, 0.5) is 0 Å². The molecule has 0 unspecified atom stereocenters. The topological polar surface area (TPSA) is 68.1 Å². The summed E-state index contributed by atoms with van der Waals surface area (Å²) in [6.07, 6.45) is 5.78. The van der Waals surface area contributed by atoms with Gasteiger partial charge in [0.1, 0.15) is 0 Å². The minimum Gasteiger partial charge on any atom is -0.249 e. The molecule has 0 amide bonds. The quantitative estimate of drug-likeness (QED) is 0.795. The molecular formula is C10H18N4O2S. The molecule has 7 heteroatoms. The summed E-state index contributed by atoms with van der Waals surface area (Å²) in [5.74, 6) is 0.251. The third-order valence-corrected chi connectivity index (χ3v) is 5.17. The van der Waals surface area contributed by atoms with Crippen molar-refractivity contribution >= 4 is 10.0 Å². The van der Waals surface area contributed by atoms with E-state index in [2.05, 4.69) is 10.3 Å². The number of sulfonamides is 1. The van der Waals surface area contributed by atoms with Gasteiger partial charge >= 0.3 is 0 Å². The maximum atomic E-state index is 11.9. The van der Waals surface area contributed by atoms with Gasteiger partial charge in [-0.2, -0.15) is 0 Å². The van der Waals surface area contributed by atoms with Crippen LogP contribution < -0.4 is 0 Å². The van der Waals surface area contributed by atoms with Gasteiger partial charge in [-0.1, -0.05) is 12.1 Å². The Bertz CT molecular complexity index is 435. The molecule has 6 nitrogen and oxygen atoms in total. The molecule has 1 fully saturated rings. The molecular weight excluding hydrogens is 240 g/mol. The van der Waals surface area contributed by atoms with Gasteiger partial charge in [0.15, 0.2) is 0 Å². The highest BCUT2D eigenvalue weighted by atomic mass is 32.2. The summed E-state index contributed by atoms with van der Waals surface area (Å²) >= 11 is 0. The van der Waals surface area contributed by atoms with Crippen LogP contribution in [-0.2, 0) is 10.0 Å². The second-order valence-corrected chi connectivity index (χ2v) is 6.42. The lowest BCUT2D eigenvalue weighted by atomic mass is 10.1. The molecule has 0 saturated carbocycles. The van der Waals surface area contributed by atoms with Gasteiger partial charge in [0, 0.05) is 19.3 Å². The zero-order valence-corrected chi connectivity index (χ0v) is 10.8. The molecule has 0 atom stereocenters. The van der Waals surface area contributed by atoms with Crippen molar-refractivity contribution in [2.75, 3.05) is 18.8 Å². The first kappa shape index (κ1) is 12.5. The van der Waals surface area contributed by atoms with Gasteiger partial charge in [0.05, 0.1) is 18.0 Å². The zero-order chi connectivity index (χ0) is 12.3. The second-order valence-electron chi connectivity index (χ2n) is 4.33. The molecule has 1 saturated heterocycles. The van der Waals surface area contributed by atoms with Gasteiger partial charge in [-0.3, -0.25) is 0 Å². The first-order valence-electron chi connectivity index (χ1n) is 5.97. The molecule has 1 aromatic heterocycles. The lowest BCUT2D eigenvalue weighted by Gasteiger charge is -2.30. The molecule has 0 bridgehead atoms. The third-order valence-electron chi connectivity index (χ3n) is 3.09. The Labute approximate surface area is 102 Å². The Morgan fingerprint density at radius 1 is 1.35 bits per heavy atom. The van der Waals surface area contributed by atoms with E-state index in [0.717, 1.165) is 12.8 Å². The molecule has 0 aromatic carbocycles. The van der Waals surface area contributed by atoms with Crippen LogP contribution in [0, 0.1) is 0 Å². The van der Waals surface area contributed by atoms with Crippen LogP contribution in [-0.4, -0.2) is 46.6 Å². The van der Waals surface area contributed by atoms with Gasteiger partial charge < -0.3 is 0 Å². The molecule has 1 aliphatic rings. The molecule has 1 aromatic rings. The van der Waals surface area contributed by atoms with Crippen molar-refractivity contribution in [2.24, 2.45) is 0 Å². The number of rotatable bonds is 4. The van der Waals surface area contributed by atoms with E-state index in [1.54, 1.807) is 10.5 Å². The SMILES string of the molecule is CCCS(=O)(=O)N1CCC(n2ccnn2)CC1. The summed E-state index contributed by atoms with van der Waals surface area (Å²) in [6.45, 7) is 3.07. The van der Waals surface area contributed by atoms with E-state index in [1.807, 2.05) is 17.8 Å². The average Bonchev–Trinajstić information content (AvgIpc) is 2.82. The first-order chi connectivity index (χ1) is 8.13. The minimum atomic E-state index is -3.04. The van der Waals surface area contributed by atoms with Crippen LogP contribution in [0.3, 0.4) is 0 Å². The summed E-state index contributed by atoms with van der Waals surface area (Å²) in [5.41, 5.74) is 0. The molecule has 0 N–H and O–H groups in total. The Hall–Kier alpha value is -0.950. The molecule has 1 aliphatic heterocycles. The van der Waals surface area contributed by atoms with Crippen LogP contribution in [0.15, 0.2) is 12.4 Å². The number of piperidine rings is 1. The standard InChI is InChI=1S/C10H18N4O2S/c1-2-9-17(15,16)13-6-3-10(4-7-13)14-8-5-11-12-14/h5,8,10H,2-4,6-7,9H2,1H3. The average molecular weight is 258 g/mol. The lowest BCUT2D eigenvalue weighted by Crippen LogP contribution is -2.40. The molecule has 0 aliphatic carbocycles. The summed E-state index contributed by atoms with van der Waals surface area (Å²) in [5, 5.41) is 7.74. The lowest BCUT2D eigenvalue weighted by molar-refractivity contribution is 0.258. The Morgan fingerprint density at radius 3 is 2.59 bits per heavy atom. The number of hydrogen-bond donors (Lipinski definition) is 0. The van der Waals surface area contributed by atoms with Crippen molar-refractivity contribution in [3.63, 3.8) is 0 Å². The molecule has 0 spiro atoms. The molecule has 2 heterocycles. The van der Waals surface area contributed by atoms with Crippen molar-refractivity contribution in [2.45, 2.75) is 32.2 Å². The summed E-state index contributed by atoms with van der Waals surface area (Å²) in [7, 11) is -3.04. The van der Waals surface area contributed by atoms with Crippen molar-refractivity contribution in [1.82, 2.24) is 19.3 Å². The van der Waals surface area contributed by atoms with Crippen LogP contribution in [0.2, 0.25) is 0 Å². The number of nitrogens with zero attached hydrogens (tertiary/aromatic N) is 4. The summed E-state index contributed by atoms with van der Waals surface area (Å²) in [6, 6.07) is 0.283. The van der Waals surface area contributed by atoms with E-state index in [0.29, 0.717) is 19.5 Å². The van der Waals surface area contributed by atoms with E-state index in [-0.39, 0.29) is 11.8 Å². The highest BCUT2D eigenvalue weighted by Crippen LogP contribution is 2.23. The van der Waals surface area contributed by atoms with Gasteiger partial charge in [-0.05, 0) is 19.3 Å². The maximum Gasteiger partial charge on any atom is 0.214 e. The van der Waals surface area contributed by atoms with Gasteiger partial charge in [0.25, 0.3) is 0 Å². The van der Waals surface area contributed by atoms with E-state index >= 15 is 0 Å². The highest BCUT2D eigenvalue weighted by molar-refractivity contribution is 7.89. The fourth-order valence-electron chi connectivity index (χ4n) is 2.18. The highest BCUT2D eigenvalue weighted by Gasteiger charge is 2.28. The first-order valence-corrected chi connectivity index (χ1v) is 7.58. The molecule has 0 radical (unpaired) electrons. The van der Waals surface area contributed by atoms with Crippen molar-refractivity contribution in [1.29, 1.82) is 0 Å². The van der Waals surface area contributed by atoms with Crippen LogP contribution >= 0.6 is 0 Å². The van der Waals surface area contributed by atoms with Gasteiger partial charge in [0.2, 0.25) is 10.0 Å². The molecule has 17 heavy (non-hydrogen) atoms. The van der Waals surface area contributed by atoms with Crippen LogP contribution in [0.5, 0.6) is 0 Å². The minimum absolute atomic E-state index is 0.251. The Kier molecular flexibility index (Phi) is 3.78. The van der Waals surface area contributed by atoms with Crippen molar-refractivity contribution in [3.8, 4) is 0 Å². The molecule has 96 valence electrons. The largest absolute Gasteiger partial charge is 0.249 e. The van der Waals surface area contributed by atoms with E-state index in [1.165, 1.54) is 0 Å². The maximum absolute atomic E-state index is 11.9. The summed E-state index contributed by atoms with van der Waals surface area (Å²) in [4.78, 5) is 0. The van der Waals surface area contributed by atoms with E-state index in [4.69, 9.17) is 0 Å². The van der Waals surface area contributed by atoms with Crippen LogP contribution in [0.25, 0.3) is 0 Å². The van der Waals surface area contributed by atoms with Gasteiger partial charge in [-0.25, -0.2) is 17.4 Å². The zero-order valence-electron chi connectivity index (χ0n) is 9.99. The predicted octanol–water partition coefficient (Wildman–Crippen LogP) is 0.655. The van der Waals surface area contributed by atoms with E-state index < -0.39 is 10.0 Å². The Balaban J connectivity index is 1.94. The molecule has 2 rings (SSSR count). The monoisotopic (exact) mass is 258 g/mol. The fourth-order valence-corrected chi connectivity index (χ4v) is 3.73. The Morgan fingerprint density at radius 2 is 2.06 bits per heavy atom. The number of aromatic nitrogens is 3. The van der Waals surface area contributed by atoms with E-state index in [9.17, 15) is 8.42 Å².